The van der Waals surface area contributed by atoms with Gasteiger partial charge in [0.05, 0.1) is 16.5 Å². The molecule has 4 heterocycles. The lowest BCUT2D eigenvalue weighted by Crippen LogP contribution is -2.47. The molecule has 0 saturated carbocycles. The van der Waals surface area contributed by atoms with E-state index in [0.29, 0.717) is 19.5 Å². The first-order chi connectivity index (χ1) is 13.6. The van der Waals surface area contributed by atoms with Crippen molar-refractivity contribution in [3.8, 4) is 0 Å². The van der Waals surface area contributed by atoms with E-state index in [1.165, 1.54) is 0 Å². The van der Waals surface area contributed by atoms with E-state index in [-0.39, 0.29) is 0 Å². The highest BCUT2D eigenvalue weighted by molar-refractivity contribution is 7.93. The number of benzene rings is 1. The molecule has 1 unspecified atom stereocenters. The maximum absolute atomic E-state index is 13.5. The largest absolute Gasteiger partial charge is 0.370 e. The molecule has 6 nitrogen and oxygen atoms in total. The van der Waals surface area contributed by atoms with Crippen LogP contribution < -0.4 is 9.21 Å². The third-order valence-corrected chi connectivity index (χ3v) is 8.03. The smallest absolute Gasteiger partial charge is 0.239 e. The summed E-state index contributed by atoms with van der Waals surface area (Å²) in [4.78, 5) is 10.8. The molecule has 1 aromatic carbocycles. The van der Waals surface area contributed by atoms with E-state index in [1.807, 2.05) is 42.6 Å². The molecule has 0 amide bonds. The zero-order chi connectivity index (χ0) is 19.1. The maximum Gasteiger partial charge on any atom is 0.239 e. The first kappa shape index (κ1) is 17.4. The summed E-state index contributed by atoms with van der Waals surface area (Å²) in [6.45, 7) is 1.88. The molecule has 7 heteroatoms. The molecule has 1 fully saturated rings. The van der Waals surface area contributed by atoms with Crippen molar-refractivity contribution >= 4 is 32.3 Å². The van der Waals surface area contributed by atoms with Gasteiger partial charge in [0.2, 0.25) is 10.0 Å². The minimum absolute atomic E-state index is 0.410. The number of hydrogen-bond acceptors (Lipinski definition) is 5. The quantitative estimate of drug-likeness (QED) is 0.683. The molecule has 2 aliphatic heterocycles. The highest BCUT2D eigenvalue weighted by Crippen LogP contribution is 2.34. The van der Waals surface area contributed by atoms with E-state index in [1.54, 1.807) is 16.7 Å². The third kappa shape index (κ3) is 2.81. The van der Waals surface area contributed by atoms with Crippen LogP contribution in [-0.4, -0.2) is 43.3 Å². The van der Waals surface area contributed by atoms with Crippen LogP contribution in [-0.2, 0) is 16.4 Å². The first-order valence-electron chi connectivity index (χ1n) is 9.68. The van der Waals surface area contributed by atoms with Crippen LogP contribution >= 0.6 is 0 Å². The standard InChI is InChI=1S/C21H22N4O2S/c26-28(27,25-13-9-16-4-1-2-6-20(16)25)17-5-3-12-24(15-17)21-8-11-23-19-7-10-22-14-18(19)21/h1-2,4,6-8,10-11,14,17H,3,5,9,12-13,15H2. The van der Waals surface area contributed by atoms with Crippen molar-refractivity contribution in [3.05, 3.63) is 60.6 Å². The lowest BCUT2D eigenvalue weighted by molar-refractivity contribution is 0.529. The van der Waals surface area contributed by atoms with Crippen LogP contribution in [0, 0.1) is 0 Å². The van der Waals surface area contributed by atoms with Gasteiger partial charge in [0, 0.05) is 49.3 Å². The Morgan fingerprint density at radius 2 is 1.89 bits per heavy atom. The number of fused-ring (bicyclic) bond motifs is 2. The summed E-state index contributed by atoms with van der Waals surface area (Å²) < 4.78 is 28.6. The number of nitrogens with zero attached hydrogens (tertiary/aromatic N) is 4. The van der Waals surface area contributed by atoms with Crippen LogP contribution in [0.2, 0.25) is 0 Å². The van der Waals surface area contributed by atoms with Crippen LogP contribution in [0.3, 0.4) is 0 Å². The molecule has 28 heavy (non-hydrogen) atoms. The molecule has 3 aromatic rings. The third-order valence-electron chi connectivity index (χ3n) is 5.81. The van der Waals surface area contributed by atoms with E-state index in [2.05, 4.69) is 14.9 Å². The van der Waals surface area contributed by atoms with Gasteiger partial charge in [0.1, 0.15) is 0 Å². The van der Waals surface area contributed by atoms with Gasteiger partial charge in [-0.2, -0.15) is 0 Å². The monoisotopic (exact) mass is 394 g/mol. The second-order valence-electron chi connectivity index (χ2n) is 7.43. The van der Waals surface area contributed by atoms with Gasteiger partial charge in [-0.3, -0.25) is 14.3 Å². The van der Waals surface area contributed by atoms with Crippen molar-refractivity contribution in [1.29, 1.82) is 0 Å². The van der Waals surface area contributed by atoms with Gasteiger partial charge in [-0.25, -0.2) is 8.42 Å². The number of rotatable bonds is 3. The molecule has 0 spiro atoms. The molecular weight excluding hydrogens is 372 g/mol. The Kier molecular flexibility index (Phi) is 4.19. The summed E-state index contributed by atoms with van der Waals surface area (Å²) in [6, 6.07) is 11.7. The predicted molar refractivity (Wildman–Crippen MR) is 111 cm³/mol. The zero-order valence-corrected chi connectivity index (χ0v) is 16.3. The molecule has 1 saturated heterocycles. The molecule has 144 valence electrons. The van der Waals surface area contributed by atoms with Crippen LogP contribution in [0.15, 0.2) is 55.0 Å². The second-order valence-corrected chi connectivity index (χ2v) is 9.57. The number of sulfonamides is 1. The van der Waals surface area contributed by atoms with Gasteiger partial charge in [-0.15, -0.1) is 0 Å². The summed E-state index contributed by atoms with van der Waals surface area (Å²) in [6.07, 6.45) is 7.65. The average Bonchev–Trinajstić information content (AvgIpc) is 3.18. The van der Waals surface area contributed by atoms with Crippen LogP contribution in [0.5, 0.6) is 0 Å². The second kappa shape index (κ2) is 6.74. The van der Waals surface area contributed by atoms with Gasteiger partial charge in [0.15, 0.2) is 0 Å². The lowest BCUT2D eigenvalue weighted by Gasteiger charge is -2.36. The minimum Gasteiger partial charge on any atom is -0.370 e. The van der Waals surface area contributed by atoms with E-state index in [9.17, 15) is 8.42 Å². The van der Waals surface area contributed by atoms with Crippen molar-refractivity contribution in [1.82, 2.24) is 9.97 Å². The molecule has 0 bridgehead atoms. The van der Waals surface area contributed by atoms with Gasteiger partial charge >= 0.3 is 0 Å². The highest BCUT2D eigenvalue weighted by atomic mass is 32.2. The molecule has 1 atom stereocenters. The average molecular weight is 395 g/mol. The normalized spacial score (nSPS) is 19.8. The van der Waals surface area contributed by atoms with E-state index in [0.717, 1.165) is 47.2 Å². The predicted octanol–water partition coefficient (Wildman–Crippen LogP) is 2.99. The van der Waals surface area contributed by atoms with E-state index >= 15 is 0 Å². The number of aromatic nitrogens is 2. The molecule has 0 N–H and O–H groups in total. The van der Waals surface area contributed by atoms with Crippen LogP contribution in [0.1, 0.15) is 18.4 Å². The fourth-order valence-electron chi connectivity index (χ4n) is 4.40. The van der Waals surface area contributed by atoms with Crippen molar-refractivity contribution in [2.45, 2.75) is 24.5 Å². The highest BCUT2D eigenvalue weighted by Gasteiger charge is 2.38. The van der Waals surface area contributed by atoms with Crippen LogP contribution in [0.4, 0.5) is 11.4 Å². The van der Waals surface area contributed by atoms with Crippen LogP contribution in [0.25, 0.3) is 10.9 Å². The molecule has 0 radical (unpaired) electrons. The lowest BCUT2D eigenvalue weighted by atomic mass is 10.1. The summed E-state index contributed by atoms with van der Waals surface area (Å²) in [7, 11) is -3.41. The van der Waals surface area contributed by atoms with E-state index < -0.39 is 15.3 Å². The topological polar surface area (TPSA) is 66.4 Å². The summed E-state index contributed by atoms with van der Waals surface area (Å²) in [5.41, 5.74) is 3.86. The maximum atomic E-state index is 13.5. The minimum atomic E-state index is -3.41. The Bertz CT molecular complexity index is 1130. The first-order valence-corrected chi connectivity index (χ1v) is 11.2. The van der Waals surface area contributed by atoms with Gasteiger partial charge in [-0.05, 0) is 43.0 Å². The number of piperidine rings is 1. The van der Waals surface area contributed by atoms with E-state index in [4.69, 9.17) is 0 Å². The zero-order valence-electron chi connectivity index (χ0n) is 15.5. The van der Waals surface area contributed by atoms with Crippen molar-refractivity contribution in [3.63, 3.8) is 0 Å². The van der Waals surface area contributed by atoms with Crippen molar-refractivity contribution in [2.24, 2.45) is 0 Å². The number of para-hydroxylation sites is 1. The fourth-order valence-corrected chi connectivity index (χ4v) is 6.39. The van der Waals surface area contributed by atoms with Crippen molar-refractivity contribution in [2.75, 3.05) is 28.8 Å². The molecule has 2 aliphatic rings. The Labute approximate surface area is 164 Å². The SMILES string of the molecule is O=S(=O)(C1CCCN(c2ccnc3ccncc23)C1)N1CCc2ccccc21. The molecule has 5 rings (SSSR count). The Hall–Kier alpha value is -2.67. The summed E-state index contributed by atoms with van der Waals surface area (Å²) in [5.74, 6) is 0. The van der Waals surface area contributed by atoms with Gasteiger partial charge in [-0.1, -0.05) is 18.2 Å². The molecule has 2 aromatic heterocycles. The molecule has 0 aliphatic carbocycles. The number of hydrogen-bond donors (Lipinski definition) is 0. The Morgan fingerprint density at radius 1 is 1.00 bits per heavy atom. The van der Waals surface area contributed by atoms with Gasteiger partial charge in [0.25, 0.3) is 0 Å². The molecular formula is C21H22N4O2S. The van der Waals surface area contributed by atoms with Gasteiger partial charge < -0.3 is 4.90 Å². The fraction of sp³-hybridized carbons (Fsp3) is 0.333. The Balaban J connectivity index is 1.46. The Morgan fingerprint density at radius 3 is 2.82 bits per heavy atom. The summed E-state index contributed by atoms with van der Waals surface area (Å²) >= 11 is 0. The van der Waals surface area contributed by atoms with Crippen molar-refractivity contribution < 1.29 is 8.42 Å². The number of anilines is 2. The number of pyridine rings is 2. The summed E-state index contributed by atoms with van der Waals surface area (Å²) in [5, 5.41) is 0.557.